The van der Waals surface area contributed by atoms with Crippen molar-refractivity contribution >= 4 is 50.7 Å². The van der Waals surface area contributed by atoms with E-state index < -0.39 is 28.5 Å². The minimum absolute atomic E-state index is 0.0401. The van der Waals surface area contributed by atoms with Crippen LogP contribution in [0.4, 0.5) is 5.69 Å². The van der Waals surface area contributed by atoms with Gasteiger partial charge in [-0.05, 0) is 74.7 Å². The highest BCUT2D eigenvalue weighted by molar-refractivity contribution is 7.92. The molecule has 0 fully saturated rings. The molecule has 3 rings (SSSR count). The number of aryl methyl sites for hydroxylation is 2. The molecule has 0 unspecified atom stereocenters. The highest BCUT2D eigenvalue weighted by Gasteiger charge is 2.33. The maximum Gasteiger partial charge on any atom is 0.264 e. The summed E-state index contributed by atoms with van der Waals surface area (Å²) in [7, 11) is -4.17. The second-order valence-corrected chi connectivity index (χ2v) is 12.1. The number of nitrogens with zero attached hydrogens (tertiary/aromatic N) is 2. The van der Waals surface area contributed by atoms with Gasteiger partial charge in [0.2, 0.25) is 11.8 Å². The number of hydrogen-bond donors (Lipinski definition) is 1. The first-order chi connectivity index (χ1) is 18.4. The van der Waals surface area contributed by atoms with Gasteiger partial charge in [-0.25, -0.2) is 8.42 Å². The van der Waals surface area contributed by atoms with Gasteiger partial charge in [-0.15, -0.1) is 0 Å². The summed E-state index contributed by atoms with van der Waals surface area (Å²) < 4.78 is 28.9. The molecule has 1 atom stereocenters. The minimum atomic E-state index is -4.17. The Balaban J connectivity index is 2.05. The van der Waals surface area contributed by atoms with E-state index in [4.69, 9.17) is 23.2 Å². The number of rotatable bonds is 11. The van der Waals surface area contributed by atoms with Crippen LogP contribution in [0.25, 0.3) is 0 Å². The Kier molecular flexibility index (Phi) is 10.4. The lowest BCUT2D eigenvalue weighted by atomic mass is 10.1. The maximum absolute atomic E-state index is 13.9. The molecule has 0 radical (unpaired) electrons. The molecule has 39 heavy (non-hydrogen) atoms. The van der Waals surface area contributed by atoms with Gasteiger partial charge in [0, 0.05) is 23.1 Å². The molecule has 0 spiro atoms. The lowest BCUT2D eigenvalue weighted by molar-refractivity contribution is -0.139. The Hall–Kier alpha value is -3.07. The van der Waals surface area contributed by atoms with E-state index in [0.717, 1.165) is 21.9 Å². The monoisotopic (exact) mass is 589 g/mol. The molecule has 0 aliphatic carbocycles. The van der Waals surface area contributed by atoms with Gasteiger partial charge in [-0.1, -0.05) is 66.0 Å². The molecule has 0 aromatic heterocycles. The number of sulfonamides is 1. The van der Waals surface area contributed by atoms with Crippen LogP contribution in [0.3, 0.4) is 0 Å². The summed E-state index contributed by atoms with van der Waals surface area (Å²) in [6, 6.07) is 17.4. The summed E-state index contributed by atoms with van der Waals surface area (Å²) in [5, 5.41) is 3.69. The third-order valence-electron chi connectivity index (χ3n) is 6.31. The van der Waals surface area contributed by atoms with Crippen molar-refractivity contribution in [1.82, 2.24) is 10.2 Å². The molecule has 7 nitrogen and oxygen atoms in total. The molecule has 2 amide bonds. The van der Waals surface area contributed by atoms with E-state index in [1.165, 1.54) is 23.1 Å². The average Bonchev–Trinajstić information content (AvgIpc) is 2.91. The van der Waals surface area contributed by atoms with Crippen LogP contribution >= 0.6 is 23.2 Å². The topological polar surface area (TPSA) is 86.8 Å². The predicted molar refractivity (Wildman–Crippen MR) is 157 cm³/mol. The predicted octanol–water partition coefficient (Wildman–Crippen LogP) is 5.75. The summed E-state index contributed by atoms with van der Waals surface area (Å²) in [6.07, 6.45) is 0.736. The van der Waals surface area contributed by atoms with Gasteiger partial charge in [0.05, 0.1) is 10.6 Å². The molecule has 0 aliphatic heterocycles. The van der Waals surface area contributed by atoms with Crippen molar-refractivity contribution in [1.29, 1.82) is 0 Å². The molecule has 1 N–H and O–H groups in total. The van der Waals surface area contributed by atoms with Crippen molar-refractivity contribution < 1.29 is 18.0 Å². The van der Waals surface area contributed by atoms with Gasteiger partial charge in [0.1, 0.15) is 12.6 Å². The zero-order valence-electron chi connectivity index (χ0n) is 22.4. The third kappa shape index (κ3) is 7.75. The normalized spacial score (nSPS) is 12.1. The van der Waals surface area contributed by atoms with Crippen molar-refractivity contribution in [3.63, 3.8) is 0 Å². The molecule has 3 aromatic rings. The number of amides is 2. The standard InChI is InChI=1S/C29H33Cl2N3O4S/c1-5-16-32-29(36)22(4)33(18-23-9-12-24(30)13-10-23)28(35)19-34(27-17-25(31)11-8-21(27)3)39(37,38)26-14-6-20(2)7-15-26/h6-15,17,22H,5,16,18-19H2,1-4H3,(H,32,36)/t22-/m0/s1. The highest BCUT2D eigenvalue weighted by atomic mass is 35.5. The first kappa shape index (κ1) is 30.5. The Morgan fingerprint density at radius 3 is 2.15 bits per heavy atom. The Morgan fingerprint density at radius 2 is 1.54 bits per heavy atom. The highest BCUT2D eigenvalue weighted by Crippen LogP contribution is 2.30. The van der Waals surface area contributed by atoms with Crippen molar-refractivity contribution in [3.8, 4) is 0 Å². The van der Waals surface area contributed by atoms with E-state index in [2.05, 4.69) is 5.32 Å². The van der Waals surface area contributed by atoms with Crippen molar-refractivity contribution in [2.24, 2.45) is 0 Å². The second kappa shape index (κ2) is 13.3. The number of nitrogens with one attached hydrogen (secondary N) is 1. The molecule has 208 valence electrons. The van der Waals surface area contributed by atoms with Crippen LogP contribution < -0.4 is 9.62 Å². The number of benzene rings is 3. The Morgan fingerprint density at radius 1 is 0.923 bits per heavy atom. The Bertz CT molecular complexity index is 1410. The molecule has 0 bridgehead atoms. The lowest BCUT2D eigenvalue weighted by Gasteiger charge is -2.32. The van der Waals surface area contributed by atoms with E-state index in [1.807, 2.05) is 13.8 Å². The van der Waals surface area contributed by atoms with Gasteiger partial charge >= 0.3 is 0 Å². The number of halogens is 2. The first-order valence-corrected chi connectivity index (χ1v) is 14.8. The minimum Gasteiger partial charge on any atom is -0.354 e. The molecule has 0 saturated heterocycles. The summed E-state index contributed by atoms with van der Waals surface area (Å²) in [6.45, 7) is 7.19. The molecule has 0 saturated carbocycles. The first-order valence-electron chi connectivity index (χ1n) is 12.6. The van der Waals surface area contributed by atoms with Gasteiger partial charge in [-0.3, -0.25) is 13.9 Å². The molecule has 0 aliphatic rings. The quantitative estimate of drug-likeness (QED) is 0.308. The van der Waals surface area contributed by atoms with Crippen LogP contribution in [0.2, 0.25) is 10.0 Å². The van der Waals surface area contributed by atoms with Crippen LogP contribution in [0, 0.1) is 13.8 Å². The second-order valence-electron chi connectivity index (χ2n) is 9.37. The number of carbonyl (C=O) groups is 2. The largest absolute Gasteiger partial charge is 0.354 e. The third-order valence-corrected chi connectivity index (χ3v) is 8.57. The molecule has 0 heterocycles. The Labute approximate surface area is 240 Å². The van der Waals surface area contributed by atoms with Gasteiger partial charge in [0.15, 0.2) is 0 Å². The fourth-order valence-corrected chi connectivity index (χ4v) is 5.73. The summed E-state index contributed by atoms with van der Waals surface area (Å²) in [4.78, 5) is 28.3. The number of anilines is 1. The number of hydrogen-bond acceptors (Lipinski definition) is 4. The van der Waals surface area contributed by atoms with Gasteiger partial charge in [-0.2, -0.15) is 0 Å². The molecule has 10 heteroatoms. The van der Waals surface area contributed by atoms with E-state index >= 15 is 0 Å². The van der Waals surface area contributed by atoms with Crippen molar-refractivity contribution in [2.75, 3.05) is 17.4 Å². The van der Waals surface area contributed by atoms with Crippen LogP contribution in [0.15, 0.2) is 71.6 Å². The lowest BCUT2D eigenvalue weighted by Crippen LogP contribution is -2.51. The summed E-state index contributed by atoms with van der Waals surface area (Å²) in [5.41, 5.74) is 2.55. The van der Waals surface area contributed by atoms with Gasteiger partial charge < -0.3 is 10.2 Å². The molecular weight excluding hydrogens is 557 g/mol. The van der Waals surface area contributed by atoms with Gasteiger partial charge in [0.25, 0.3) is 10.0 Å². The summed E-state index contributed by atoms with van der Waals surface area (Å²) >= 11 is 12.3. The zero-order chi connectivity index (χ0) is 28.7. The van der Waals surface area contributed by atoms with E-state index in [9.17, 15) is 18.0 Å². The number of carbonyl (C=O) groups excluding carboxylic acids is 2. The van der Waals surface area contributed by atoms with E-state index in [0.29, 0.717) is 22.2 Å². The van der Waals surface area contributed by atoms with Crippen LogP contribution in [0.1, 0.15) is 37.0 Å². The fraction of sp³-hybridized carbons (Fsp3) is 0.310. The SMILES string of the molecule is CCCNC(=O)[C@H](C)N(Cc1ccc(Cl)cc1)C(=O)CN(c1cc(Cl)ccc1C)S(=O)(=O)c1ccc(C)cc1. The van der Waals surface area contributed by atoms with Crippen LogP contribution in [-0.4, -0.2) is 44.3 Å². The molecule has 3 aromatic carbocycles. The van der Waals surface area contributed by atoms with Crippen molar-refractivity contribution in [2.45, 2.75) is 51.6 Å². The van der Waals surface area contributed by atoms with Crippen LogP contribution in [0.5, 0.6) is 0 Å². The fourth-order valence-electron chi connectivity index (χ4n) is 3.97. The smallest absolute Gasteiger partial charge is 0.264 e. The average molecular weight is 591 g/mol. The zero-order valence-corrected chi connectivity index (χ0v) is 24.8. The van der Waals surface area contributed by atoms with E-state index in [1.54, 1.807) is 62.4 Å². The maximum atomic E-state index is 13.9. The van der Waals surface area contributed by atoms with E-state index in [-0.39, 0.29) is 23.0 Å². The molecular formula is C29H33Cl2N3O4S. The van der Waals surface area contributed by atoms with Crippen molar-refractivity contribution in [3.05, 3.63) is 93.5 Å². The van der Waals surface area contributed by atoms with Crippen LogP contribution in [-0.2, 0) is 26.2 Å². The summed E-state index contributed by atoms with van der Waals surface area (Å²) in [5.74, 6) is -0.870.